The molecule has 3 rings (SSSR count). The van der Waals surface area contributed by atoms with Crippen molar-refractivity contribution in [1.82, 2.24) is 0 Å². The average molecular weight is 1400 g/mol. The number of hydrogen-bond acceptors (Lipinski definition) is 17. The van der Waals surface area contributed by atoms with Crippen LogP contribution in [0.4, 0.5) is 0 Å². The molecular weight excluding hydrogens is 1260 g/mol. The molecule has 0 heterocycles. The third-order valence-electron chi connectivity index (χ3n) is 15.2. The summed E-state index contributed by atoms with van der Waals surface area (Å²) < 4.78 is 48.8. The first-order valence-corrected chi connectivity index (χ1v) is 38.6. The van der Waals surface area contributed by atoms with Crippen LogP contribution in [-0.2, 0) is 28.8 Å². The molecule has 560 valence electrons. The van der Waals surface area contributed by atoms with Crippen molar-refractivity contribution in [2.45, 2.75) is 324 Å². The third-order valence-corrected chi connectivity index (χ3v) is 15.6. The molecule has 0 aliphatic carbocycles. The maximum absolute atomic E-state index is 11.3. The Morgan fingerprint density at radius 3 is 0.804 bits per heavy atom. The molecule has 0 aliphatic rings. The van der Waals surface area contributed by atoms with Crippen molar-refractivity contribution in [3.05, 3.63) is 89.5 Å². The van der Waals surface area contributed by atoms with Crippen LogP contribution in [0.2, 0.25) is 0 Å². The molecule has 1 atom stereocenters. The molecule has 0 saturated heterocycles. The van der Waals surface area contributed by atoms with Gasteiger partial charge in [-0.05, 0) is 112 Å². The van der Waals surface area contributed by atoms with Gasteiger partial charge in [0.05, 0.1) is 56.3 Å². The minimum absolute atomic E-state index is 0. The van der Waals surface area contributed by atoms with Crippen molar-refractivity contribution in [3.8, 4) is 17.2 Å². The third kappa shape index (κ3) is 82.7. The van der Waals surface area contributed by atoms with E-state index in [1.54, 1.807) is 12.1 Å². The largest absolute Gasteiger partial charge is 1.00 e. The van der Waals surface area contributed by atoms with Crippen LogP contribution in [0.25, 0.3) is 0 Å². The number of carbonyl (C=O) groups excluding carboxylic acids is 3. The Morgan fingerprint density at radius 2 is 0.588 bits per heavy atom. The van der Waals surface area contributed by atoms with Crippen LogP contribution in [0.5, 0.6) is 17.2 Å². The summed E-state index contributed by atoms with van der Waals surface area (Å²) in [5, 5.41) is 60.1. The summed E-state index contributed by atoms with van der Waals surface area (Å²) in [5.74, 6) is -0.648. The van der Waals surface area contributed by atoms with E-state index in [0.717, 1.165) is 44.9 Å². The summed E-state index contributed by atoms with van der Waals surface area (Å²) in [7, 11) is -3.17. The Morgan fingerprint density at radius 1 is 0.361 bits per heavy atom. The summed E-state index contributed by atoms with van der Waals surface area (Å²) in [6.07, 6.45) is 55.2. The molecular formula is C78H139NaO17S. The predicted molar refractivity (Wildman–Crippen MR) is 392 cm³/mol. The van der Waals surface area contributed by atoms with E-state index in [1.165, 1.54) is 299 Å². The SMILES string of the molecule is CC(O)CO.CCCCCCCCCCCCCCCCCCO.CCCCCCCCCCCCCCCCO.CCCCCCCCCCCCOS(=O)(=O)[O-].CCCCOC(=O)c1ccc(O)cc1.CCCOC(=O)c1ccc(O)cc1.COC(=O)c1ccc(O)cc1.[Na+]. The molecule has 19 heteroatoms. The zero-order valence-electron chi connectivity index (χ0n) is 62.3. The first-order valence-electron chi connectivity index (χ1n) is 37.3. The molecule has 0 bridgehead atoms. The molecule has 3 aromatic carbocycles. The number of phenols is 3. The molecule has 0 amide bonds. The number of aromatic hydroxyl groups is 3. The van der Waals surface area contributed by atoms with Crippen molar-refractivity contribution in [1.29, 1.82) is 0 Å². The van der Waals surface area contributed by atoms with Gasteiger partial charge in [-0.1, -0.05) is 279 Å². The molecule has 1 unspecified atom stereocenters. The maximum Gasteiger partial charge on any atom is 1.00 e. The van der Waals surface area contributed by atoms with Gasteiger partial charge in [0.1, 0.15) is 17.2 Å². The molecule has 0 saturated carbocycles. The van der Waals surface area contributed by atoms with Gasteiger partial charge in [-0.2, -0.15) is 0 Å². The number of ether oxygens (including phenoxy) is 3. The van der Waals surface area contributed by atoms with Crippen LogP contribution >= 0.6 is 0 Å². The molecule has 3 aromatic rings. The van der Waals surface area contributed by atoms with Gasteiger partial charge in [0.2, 0.25) is 10.4 Å². The summed E-state index contributed by atoms with van der Waals surface area (Å²) in [4.78, 5) is 33.4. The van der Waals surface area contributed by atoms with E-state index in [1.807, 2.05) is 13.8 Å². The number of benzene rings is 3. The van der Waals surface area contributed by atoms with Gasteiger partial charge < -0.3 is 54.5 Å². The van der Waals surface area contributed by atoms with Gasteiger partial charge in [-0.3, -0.25) is 4.18 Å². The van der Waals surface area contributed by atoms with Crippen LogP contribution in [-0.4, -0.2) is 119 Å². The zero-order valence-corrected chi connectivity index (χ0v) is 65.1. The Hall–Kier alpha value is -3.82. The topological polar surface area (TPSA) is 287 Å². The zero-order chi connectivity index (χ0) is 72.2. The molecule has 0 fully saturated rings. The van der Waals surface area contributed by atoms with E-state index >= 15 is 0 Å². The van der Waals surface area contributed by atoms with E-state index in [2.05, 4.69) is 29.7 Å². The summed E-state index contributed by atoms with van der Waals surface area (Å²) in [6.45, 7) is 13.8. The fourth-order valence-corrected chi connectivity index (χ4v) is 9.62. The maximum atomic E-state index is 11.3. The quantitative estimate of drug-likeness (QED) is 0.00690. The number of phenolic OH excluding ortho intramolecular Hbond substituents is 3. The number of aliphatic hydroxyl groups excluding tert-OH is 4. The number of carbonyl (C=O) groups is 3. The first-order chi connectivity index (χ1) is 46.4. The Balaban J connectivity index is -0.000000345. The van der Waals surface area contributed by atoms with E-state index in [9.17, 15) is 27.4 Å². The van der Waals surface area contributed by atoms with Crippen molar-refractivity contribution >= 4 is 28.3 Å². The fraction of sp³-hybridized carbons (Fsp3) is 0.731. The van der Waals surface area contributed by atoms with Crippen molar-refractivity contribution in [2.24, 2.45) is 0 Å². The predicted octanol–water partition coefficient (Wildman–Crippen LogP) is 16.9. The molecule has 0 radical (unpaired) electrons. The second kappa shape index (κ2) is 81.1. The number of rotatable bonds is 51. The number of hydrogen-bond donors (Lipinski definition) is 7. The van der Waals surface area contributed by atoms with Gasteiger partial charge >= 0.3 is 47.5 Å². The minimum Gasteiger partial charge on any atom is -0.726 e. The molecule has 0 aliphatic heterocycles. The van der Waals surface area contributed by atoms with Gasteiger partial charge in [-0.15, -0.1) is 0 Å². The van der Waals surface area contributed by atoms with Crippen molar-refractivity contribution < 1.29 is 111 Å². The number of methoxy groups -OCH3 is 1. The van der Waals surface area contributed by atoms with E-state index in [4.69, 9.17) is 45.2 Å². The Bertz CT molecular complexity index is 2150. The van der Waals surface area contributed by atoms with E-state index < -0.39 is 22.5 Å². The van der Waals surface area contributed by atoms with Crippen LogP contribution in [0.1, 0.15) is 349 Å². The number of esters is 3. The molecule has 97 heavy (non-hydrogen) atoms. The molecule has 0 aromatic heterocycles. The van der Waals surface area contributed by atoms with Crippen molar-refractivity contribution in [2.75, 3.05) is 46.8 Å². The van der Waals surface area contributed by atoms with Gasteiger partial charge in [0.15, 0.2) is 0 Å². The molecule has 17 nitrogen and oxygen atoms in total. The minimum atomic E-state index is -4.48. The van der Waals surface area contributed by atoms with Crippen LogP contribution in [0, 0.1) is 0 Å². The summed E-state index contributed by atoms with van der Waals surface area (Å²) in [6, 6.07) is 17.9. The van der Waals surface area contributed by atoms with E-state index in [-0.39, 0.29) is 72.0 Å². The van der Waals surface area contributed by atoms with Crippen molar-refractivity contribution in [3.63, 3.8) is 0 Å². The second-order valence-electron chi connectivity index (χ2n) is 24.5. The number of unbranched alkanes of at least 4 members (excludes halogenated alkanes) is 38. The molecule has 7 N–H and O–H groups in total. The molecule has 0 spiro atoms. The van der Waals surface area contributed by atoms with Gasteiger partial charge in [0, 0.05) is 13.2 Å². The fourth-order valence-electron chi connectivity index (χ4n) is 9.30. The Kier molecular flexibility index (Phi) is 85.2. The average Bonchev–Trinajstić information content (AvgIpc) is 3.78. The summed E-state index contributed by atoms with van der Waals surface area (Å²) in [5.41, 5.74) is 1.37. The smallest absolute Gasteiger partial charge is 0.726 e. The van der Waals surface area contributed by atoms with Gasteiger partial charge in [-0.25, -0.2) is 22.8 Å². The van der Waals surface area contributed by atoms with E-state index in [0.29, 0.717) is 49.5 Å². The first kappa shape index (κ1) is 102. The van der Waals surface area contributed by atoms with Gasteiger partial charge in [0.25, 0.3) is 0 Å². The van der Waals surface area contributed by atoms with Crippen LogP contribution in [0.3, 0.4) is 0 Å². The summed E-state index contributed by atoms with van der Waals surface area (Å²) >= 11 is 0. The number of aliphatic hydroxyl groups is 4. The standard InChI is InChI=1S/C18H38O.C16H34O.C12H26O4S.C11H14O3.C10H12O3.C8H8O3.C3H8O2.Na/c1-2-3-4-5-6-7-8-9-10-11-12-13-14-15-16-17-18-19;1-2-3-4-5-6-7-8-9-10-11-12-13-14-15-16-17;1-2-3-4-5-6-7-8-9-10-11-12-16-17(13,14)15;1-2-3-8-14-11(13)9-4-6-10(12)7-5-9;1-2-7-13-10(12)8-3-5-9(11)6-4-8;1-11-8(10)6-2-4-7(9)5-3-6;1-3(5)2-4;/h19H,2-18H2,1H3;17H,2-16H2,1H3;2-12H2,1H3,(H,13,14,15);4-7,12H,2-3,8H2,1H3;3-6,11H,2,7H2,1H3;2-5,9H,1H3;3-5H,2H2,1H3;/q;;;;;;;+1/p-1. The normalized spacial score (nSPS) is 10.7. The Labute approximate surface area is 612 Å². The van der Waals surface area contributed by atoms with Crippen LogP contribution < -0.4 is 29.6 Å². The monoisotopic (exact) mass is 1400 g/mol. The second-order valence-corrected chi connectivity index (χ2v) is 25.6. The van der Waals surface area contributed by atoms with Crippen LogP contribution in [0.15, 0.2) is 72.8 Å².